The Bertz CT molecular complexity index is 327. The number of halogens is 1. The second kappa shape index (κ2) is 5.32. The Labute approximate surface area is 83.3 Å². The van der Waals surface area contributed by atoms with Crippen molar-refractivity contribution >= 4 is 5.78 Å². The highest BCUT2D eigenvalue weighted by Gasteiger charge is 1.99. The first-order valence-electron chi connectivity index (χ1n) is 4.60. The fourth-order valence-electron chi connectivity index (χ4n) is 1.15. The molecule has 0 unspecified atom stereocenters. The molecule has 1 aromatic rings. The van der Waals surface area contributed by atoms with Crippen molar-refractivity contribution in [3.05, 3.63) is 47.8 Å². The highest BCUT2D eigenvalue weighted by Crippen LogP contribution is 2.06. The molecule has 0 amide bonds. The van der Waals surface area contributed by atoms with Crippen LogP contribution < -0.4 is 0 Å². The standard InChI is InChI=1S/C12H13FO/c1-10(14)12(13)9-5-8-11-6-3-2-4-7-11/h2-4,6-7,9H,5,8H2,1H3/b12-9-. The number of benzene rings is 1. The second-order valence-corrected chi connectivity index (χ2v) is 3.13. The molecule has 0 spiro atoms. The van der Waals surface area contributed by atoms with Gasteiger partial charge in [-0.3, -0.25) is 4.79 Å². The molecule has 2 heteroatoms. The van der Waals surface area contributed by atoms with E-state index in [0.717, 1.165) is 12.0 Å². The number of ketones is 1. The lowest BCUT2D eigenvalue weighted by Gasteiger charge is -1.96. The summed E-state index contributed by atoms with van der Waals surface area (Å²) in [5.41, 5.74) is 1.15. The molecule has 74 valence electrons. The van der Waals surface area contributed by atoms with Gasteiger partial charge < -0.3 is 0 Å². The van der Waals surface area contributed by atoms with Crippen LogP contribution >= 0.6 is 0 Å². The van der Waals surface area contributed by atoms with E-state index in [0.29, 0.717) is 6.42 Å². The summed E-state index contributed by atoms with van der Waals surface area (Å²) in [5, 5.41) is 0. The van der Waals surface area contributed by atoms with Crippen LogP contribution in [-0.2, 0) is 11.2 Å². The fourth-order valence-corrected chi connectivity index (χ4v) is 1.15. The summed E-state index contributed by atoms with van der Waals surface area (Å²) < 4.78 is 12.7. The Hall–Kier alpha value is -1.44. The Morgan fingerprint density at radius 3 is 2.57 bits per heavy atom. The third-order valence-corrected chi connectivity index (χ3v) is 1.94. The number of rotatable bonds is 4. The van der Waals surface area contributed by atoms with E-state index in [1.807, 2.05) is 30.3 Å². The number of Topliss-reactive ketones (excluding diaryl/α,β-unsaturated/α-hetero) is 1. The number of allylic oxidation sites excluding steroid dienone is 2. The van der Waals surface area contributed by atoms with Crippen LogP contribution in [0.4, 0.5) is 4.39 Å². The van der Waals surface area contributed by atoms with Crippen LogP contribution in [0.2, 0.25) is 0 Å². The number of hydrogen-bond acceptors (Lipinski definition) is 1. The van der Waals surface area contributed by atoms with Crippen molar-refractivity contribution in [3.8, 4) is 0 Å². The molecule has 0 heterocycles. The summed E-state index contributed by atoms with van der Waals surface area (Å²) in [6, 6.07) is 9.80. The van der Waals surface area contributed by atoms with Gasteiger partial charge in [0.1, 0.15) is 0 Å². The summed E-state index contributed by atoms with van der Waals surface area (Å²) in [6.45, 7) is 1.23. The minimum Gasteiger partial charge on any atom is -0.292 e. The first kappa shape index (κ1) is 10.6. The molecule has 1 nitrogen and oxygen atoms in total. The summed E-state index contributed by atoms with van der Waals surface area (Å²) in [4.78, 5) is 10.5. The lowest BCUT2D eigenvalue weighted by atomic mass is 10.1. The molecule has 14 heavy (non-hydrogen) atoms. The van der Waals surface area contributed by atoms with Crippen molar-refractivity contribution in [2.24, 2.45) is 0 Å². The van der Waals surface area contributed by atoms with Crippen LogP contribution in [0.1, 0.15) is 18.9 Å². The molecular weight excluding hydrogens is 179 g/mol. The summed E-state index contributed by atoms with van der Waals surface area (Å²) in [6.07, 6.45) is 2.67. The average Bonchev–Trinajstić information content (AvgIpc) is 2.19. The maximum Gasteiger partial charge on any atom is 0.187 e. The molecular formula is C12H13FO. The Morgan fingerprint density at radius 1 is 1.36 bits per heavy atom. The van der Waals surface area contributed by atoms with Crippen molar-refractivity contribution in [2.45, 2.75) is 19.8 Å². The lowest BCUT2D eigenvalue weighted by Crippen LogP contribution is -1.90. The normalized spacial score (nSPS) is 11.4. The zero-order chi connectivity index (χ0) is 10.4. The summed E-state index contributed by atoms with van der Waals surface area (Å²) >= 11 is 0. The van der Waals surface area contributed by atoms with Crippen LogP contribution in [0.5, 0.6) is 0 Å². The summed E-state index contributed by atoms with van der Waals surface area (Å²) in [5.74, 6) is -1.14. The molecule has 1 aromatic carbocycles. The van der Waals surface area contributed by atoms with Crippen LogP contribution in [0.3, 0.4) is 0 Å². The van der Waals surface area contributed by atoms with Crippen molar-refractivity contribution in [1.82, 2.24) is 0 Å². The first-order chi connectivity index (χ1) is 6.70. The van der Waals surface area contributed by atoms with Gasteiger partial charge in [0, 0.05) is 6.92 Å². The zero-order valence-corrected chi connectivity index (χ0v) is 8.16. The zero-order valence-electron chi connectivity index (χ0n) is 8.16. The SMILES string of the molecule is CC(=O)/C(F)=C/CCc1ccccc1. The Morgan fingerprint density at radius 2 is 2.00 bits per heavy atom. The van der Waals surface area contributed by atoms with Gasteiger partial charge in [-0.15, -0.1) is 0 Å². The Kier molecular flexibility index (Phi) is 4.05. The van der Waals surface area contributed by atoms with Gasteiger partial charge in [-0.25, -0.2) is 4.39 Å². The highest BCUT2D eigenvalue weighted by molar-refractivity contribution is 5.90. The predicted octanol–water partition coefficient (Wildman–Crippen LogP) is 3.06. The van der Waals surface area contributed by atoms with E-state index >= 15 is 0 Å². The Balaban J connectivity index is 2.43. The maximum absolute atomic E-state index is 12.7. The maximum atomic E-state index is 12.7. The molecule has 0 saturated carbocycles. The third kappa shape index (κ3) is 3.52. The van der Waals surface area contributed by atoms with Gasteiger partial charge in [0.2, 0.25) is 0 Å². The third-order valence-electron chi connectivity index (χ3n) is 1.94. The van der Waals surface area contributed by atoms with Crippen molar-refractivity contribution in [2.75, 3.05) is 0 Å². The molecule has 0 aliphatic carbocycles. The average molecular weight is 192 g/mol. The van der Waals surface area contributed by atoms with Gasteiger partial charge in [0.15, 0.2) is 11.6 Å². The van der Waals surface area contributed by atoms with Gasteiger partial charge in [-0.05, 0) is 24.5 Å². The van der Waals surface area contributed by atoms with Gasteiger partial charge >= 0.3 is 0 Å². The first-order valence-corrected chi connectivity index (χ1v) is 4.60. The molecule has 0 atom stereocenters. The molecule has 0 aliphatic heterocycles. The van der Waals surface area contributed by atoms with E-state index in [2.05, 4.69) is 0 Å². The van der Waals surface area contributed by atoms with Crippen LogP contribution in [-0.4, -0.2) is 5.78 Å². The largest absolute Gasteiger partial charge is 0.292 e. The van der Waals surface area contributed by atoms with Crippen LogP contribution in [0.15, 0.2) is 42.2 Å². The number of aryl methyl sites for hydroxylation is 1. The van der Waals surface area contributed by atoms with Gasteiger partial charge in [0.05, 0.1) is 0 Å². The van der Waals surface area contributed by atoms with Gasteiger partial charge in [-0.2, -0.15) is 0 Å². The second-order valence-electron chi connectivity index (χ2n) is 3.13. The predicted molar refractivity (Wildman–Crippen MR) is 54.6 cm³/mol. The van der Waals surface area contributed by atoms with Crippen molar-refractivity contribution < 1.29 is 9.18 Å². The number of carbonyl (C=O) groups is 1. The van der Waals surface area contributed by atoms with E-state index < -0.39 is 11.6 Å². The van der Waals surface area contributed by atoms with E-state index in [1.165, 1.54) is 13.0 Å². The van der Waals surface area contributed by atoms with Crippen molar-refractivity contribution in [1.29, 1.82) is 0 Å². The fraction of sp³-hybridized carbons (Fsp3) is 0.250. The van der Waals surface area contributed by atoms with Crippen molar-refractivity contribution in [3.63, 3.8) is 0 Å². The van der Waals surface area contributed by atoms with E-state index in [1.54, 1.807) is 0 Å². The van der Waals surface area contributed by atoms with E-state index in [4.69, 9.17) is 0 Å². The monoisotopic (exact) mass is 192 g/mol. The minimum atomic E-state index is -0.638. The quantitative estimate of drug-likeness (QED) is 0.670. The summed E-state index contributed by atoms with van der Waals surface area (Å²) in [7, 11) is 0. The molecule has 0 saturated heterocycles. The van der Waals surface area contributed by atoms with Gasteiger partial charge in [0.25, 0.3) is 0 Å². The molecule has 0 aliphatic rings. The van der Waals surface area contributed by atoms with E-state index in [9.17, 15) is 9.18 Å². The van der Waals surface area contributed by atoms with Gasteiger partial charge in [-0.1, -0.05) is 30.3 Å². The lowest BCUT2D eigenvalue weighted by molar-refractivity contribution is -0.114. The number of carbonyl (C=O) groups excluding carboxylic acids is 1. The molecule has 0 radical (unpaired) electrons. The number of hydrogen-bond donors (Lipinski definition) is 0. The van der Waals surface area contributed by atoms with Crippen LogP contribution in [0, 0.1) is 0 Å². The minimum absolute atomic E-state index is 0.502. The van der Waals surface area contributed by atoms with E-state index in [-0.39, 0.29) is 0 Å². The molecule has 1 rings (SSSR count). The molecule has 0 bridgehead atoms. The molecule has 0 fully saturated rings. The topological polar surface area (TPSA) is 17.1 Å². The smallest absolute Gasteiger partial charge is 0.187 e. The molecule has 0 N–H and O–H groups in total. The van der Waals surface area contributed by atoms with Crippen LogP contribution in [0.25, 0.3) is 0 Å². The molecule has 0 aromatic heterocycles. The highest BCUT2D eigenvalue weighted by atomic mass is 19.1.